The van der Waals surface area contributed by atoms with E-state index >= 15 is 0 Å². The van der Waals surface area contributed by atoms with Crippen LogP contribution >= 0.6 is 0 Å². The highest BCUT2D eigenvalue weighted by Gasteiger charge is 2.51. The van der Waals surface area contributed by atoms with Gasteiger partial charge in [0.05, 0.1) is 33.6 Å². The van der Waals surface area contributed by atoms with Crippen LogP contribution in [-0.2, 0) is 15.7 Å². The van der Waals surface area contributed by atoms with E-state index in [1.54, 1.807) is 0 Å². The molecular formula is C26H30BN3O2. The van der Waals surface area contributed by atoms with Crippen LogP contribution in [0.25, 0.3) is 28.6 Å². The Kier molecular flexibility index (Phi) is 4.84. The molecule has 1 aliphatic rings. The van der Waals surface area contributed by atoms with Crippen molar-refractivity contribution in [3.05, 3.63) is 66.0 Å². The van der Waals surface area contributed by atoms with Crippen molar-refractivity contribution < 1.29 is 9.31 Å². The largest absolute Gasteiger partial charge is 0.494 e. The maximum absolute atomic E-state index is 6.34. The van der Waals surface area contributed by atoms with Crippen LogP contribution in [0.4, 0.5) is 0 Å². The summed E-state index contributed by atoms with van der Waals surface area (Å²) in [6.45, 7) is 12.5. The van der Waals surface area contributed by atoms with E-state index in [1.807, 2.05) is 13.0 Å². The molecule has 5 nitrogen and oxygen atoms in total. The second kappa shape index (κ2) is 7.36. The average Bonchev–Trinajstić information content (AvgIpc) is 3.34. The monoisotopic (exact) mass is 427 g/mol. The van der Waals surface area contributed by atoms with E-state index in [0.717, 1.165) is 45.8 Å². The maximum Gasteiger partial charge on any atom is 0.494 e. The fourth-order valence-corrected chi connectivity index (χ4v) is 4.41. The van der Waals surface area contributed by atoms with Gasteiger partial charge in [0, 0.05) is 5.69 Å². The molecule has 0 spiro atoms. The highest BCUT2D eigenvalue weighted by molar-refractivity contribution is 6.62. The molecule has 2 aromatic heterocycles. The molecule has 4 aromatic rings. The predicted octanol–water partition coefficient (Wildman–Crippen LogP) is 5.17. The fourth-order valence-electron chi connectivity index (χ4n) is 4.41. The molecule has 32 heavy (non-hydrogen) atoms. The first-order valence-electron chi connectivity index (χ1n) is 11.4. The van der Waals surface area contributed by atoms with E-state index in [0.29, 0.717) is 0 Å². The van der Waals surface area contributed by atoms with Gasteiger partial charge in [0.25, 0.3) is 0 Å². The second-order valence-corrected chi connectivity index (χ2v) is 9.44. The second-order valence-electron chi connectivity index (χ2n) is 9.44. The lowest BCUT2D eigenvalue weighted by Crippen LogP contribution is -2.41. The van der Waals surface area contributed by atoms with Gasteiger partial charge >= 0.3 is 7.12 Å². The van der Waals surface area contributed by atoms with Crippen molar-refractivity contribution in [1.29, 1.82) is 0 Å². The highest BCUT2D eigenvalue weighted by atomic mass is 16.7. The summed E-state index contributed by atoms with van der Waals surface area (Å²) >= 11 is 0. The number of aryl methyl sites for hydroxylation is 1. The van der Waals surface area contributed by atoms with E-state index in [4.69, 9.17) is 14.3 Å². The van der Waals surface area contributed by atoms with Crippen molar-refractivity contribution >= 4 is 35.5 Å². The Morgan fingerprint density at radius 2 is 1.66 bits per heavy atom. The SMILES string of the molecule is C/C=C\c1c(CC)nc2n(-c3ccccc3)c3ccc(B4OC(C)(C)C(C)(C)O4)cc3n12. The van der Waals surface area contributed by atoms with Crippen LogP contribution in [0, 0.1) is 0 Å². The zero-order valence-corrected chi connectivity index (χ0v) is 19.7. The number of rotatable bonds is 4. The number of hydrogen-bond acceptors (Lipinski definition) is 3. The quantitative estimate of drug-likeness (QED) is 0.422. The minimum atomic E-state index is -0.404. The molecule has 3 heterocycles. The van der Waals surface area contributed by atoms with Crippen LogP contribution in [0.2, 0.25) is 0 Å². The van der Waals surface area contributed by atoms with E-state index in [-0.39, 0.29) is 11.2 Å². The Morgan fingerprint density at radius 3 is 2.28 bits per heavy atom. The van der Waals surface area contributed by atoms with Crippen LogP contribution in [0.5, 0.6) is 0 Å². The first-order valence-corrected chi connectivity index (χ1v) is 11.4. The van der Waals surface area contributed by atoms with Gasteiger partial charge in [-0.1, -0.05) is 37.3 Å². The molecule has 1 aliphatic heterocycles. The standard InChI is InChI=1S/C26H30BN3O2/c1-7-12-21-20(8-2)28-24-29(19-13-10-9-11-14-19)22-16-15-18(17-23(22)30(21)24)27-31-25(3,4)26(5,6)32-27/h7,9-17H,8H2,1-6H3/b12-7-. The number of fused-ring (bicyclic) bond motifs is 3. The van der Waals surface area contributed by atoms with Crippen molar-refractivity contribution in [3.63, 3.8) is 0 Å². The molecule has 2 aromatic carbocycles. The maximum atomic E-state index is 6.34. The molecule has 1 saturated heterocycles. The number of aromatic nitrogens is 3. The van der Waals surface area contributed by atoms with Crippen molar-refractivity contribution in [3.8, 4) is 5.69 Å². The van der Waals surface area contributed by atoms with Gasteiger partial charge in [0.15, 0.2) is 0 Å². The zero-order valence-electron chi connectivity index (χ0n) is 19.7. The van der Waals surface area contributed by atoms with Crippen LogP contribution in [0.15, 0.2) is 54.6 Å². The number of imidazole rings is 2. The summed E-state index contributed by atoms with van der Waals surface area (Å²) in [5, 5.41) is 0. The lowest BCUT2D eigenvalue weighted by Gasteiger charge is -2.32. The molecule has 164 valence electrons. The predicted molar refractivity (Wildman–Crippen MR) is 132 cm³/mol. The number of benzene rings is 2. The van der Waals surface area contributed by atoms with Gasteiger partial charge in [-0.05, 0) is 76.8 Å². The molecule has 1 fully saturated rings. The molecule has 0 unspecified atom stereocenters. The topological polar surface area (TPSA) is 40.7 Å². The molecule has 0 amide bonds. The highest BCUT2D eigenvalue weighted by Crippen LogP contribution is 2.37. The van der Waals surface area contributed by atoms with Gasteiger partial charge in [-0.3, -0.25) is 8.97 Å². The smallest absolute Gasteiger partial charge is 0.399 e. The summed E-state index contributed by atoms with van der Waals surface area (Å²) in [4.78, 5) is 5.05. The van der Waals surface area contributed by atoms with Crippen molar-refractivity contribution in [2.45, 2.75) is 59.2 Å². The molecule has 0 aliphatic carbocycles. The third kappa shape index (κ3) is 3.05. The first-order chi connectivity index (χ1) is 15.3. The van der Waals surface area contributed by atoms with Gasteiger partial charge in [-0.2, -0.15) is 0 Å². The molecule has 6 heteroatoms. The number of nitrogens with zero attached hydrogens (tertiary/aromatic N) is 3. The third-order valence-corrected chi connectivity index (χ3v) is 6.85. The normalized spacial score (nSPS) is 17.9. The molecule has 5 rings (SSSR count). The molecule has 0 bridgehead atoms. The summed E-state index contributed by atoms with van der Waals surface area (Å²) in [7, 11) is -0.404. The minimum absolute atomic E-state index is 0.377. The minimum Gasteiger partial charge on any atom is -0.399 e. The summed E-state index contributed by atoms with van der Waals surface area (Å²) < 4.78 is 17.2. The Hall–Kier alpha value is -2.83. The molecule has 0 saturated carbocycles. The molecule has 0 radical (unpaired) electrons. The van der Waals surface area contributed by atoms with Crippen molar-refractivity contribution in [2.24, 2.45) is 0 Å². The Balaban J connectivity index is 1.79. The van der Waals surface area contributed by atoms with Crippen molar-refractivity contribution in [2.75, 3.05) is 0 Å². The lowest BCUT2D eigenvalue weighted by molar-refractivity contribution is 0.00578. The summed E-state index contributed by atoms with van der Waals surface area (Å²) in [6.07, 6.45) is 5.09. The third-order valence-electron chi connectivity index (χ3n) is 6.85. The summed E-state index contributed by atoms with van der Waals surface area (Å²) in [5.41, 5.74) is 5.76. The first kappa shape index (κ1) is 21.0. The number of allylic oxidation sites excluding steroid dienone is 1. The van der Waals surface area contributed by atoms with Gasteiger partial charge < -0.3 is 9.31 Å². The summed E-state index contributed by atoms with van der Waals surface area (Å²) in [6, 6.07) is 16.9. The average molecular weight is 427 g/mol. The van der Waals surface area contributed by atoms with Crippen LogP contribution in [0.1, 0.15) is 52.9 Å². The molecule has 0 N–H and O–H groups in total. The fraction of sp³-hybridized carbons (Fsp3) is 0.346. The lowest BCUT2D eigenvalue weighted by atomic mass is 9.79. The van der Waals surface area contributed by atoms with Crippen LogP contribution in [0.3, 0.4) is 0 Å². The van der Waals surface area contributed by atoms with E-state index < -0.39 is 7.12 Å². The van der Waals surface area contributed by atoms with E-state index in [2.05, 4.69) is 98.2 Å². The van der Waals surface area contributed by atoms with Crippen molar-refractivity contribution in [1.82, 2.24) is 14.0 Å². The summed E-state index contributed by atoms with van der Waals surface area (Å²) in [5.74, 6) is 0.919. The van der Waals surface area contributed by atoms with Crippen LogP contribution < -0.4 is 5.46 Å². The Labute approximate surface area is 189 Å². The zero-order chi connectivity index (χ0) is 22.7. The van der Waals surface area contributed by atoms with Gasteiger partial charge in [0.1, 0.15) is 0 Å². The van der Waals surface area contributed by atoms with Crippen LogP contribution in [-0.4, -0.2) is 32.3 Å². The van der Waals surface area contributed by atoms with Gasteiger partial charge in [-0.25, -0.2) is 4.98 Å². The van der Waals surface area contributed by atoms with Gasteiger partial charge in [-0.15, -0.1) is 0 Å². The molecular weight excluding hydrogens is 397 g/mol. The van der Waals surface area contributed by atoms with E-state index in [9.17, 15) is 0 Å². The number of para-hydroxylation sites is 1. The molecule has 0 atom stereocenters. The van der Waals surface area contributed by atoms with E-state index in [1.165, 1.54) is 0 Å². The Bertz CT molecular complexity index is 1320. The number of hydrogen-bond donors (Lipinski definition) is 0. The van der Waals surface area contributed by atoms with Gasteiger partial charge in [0.2, 0.25) is 5.78 Å². The Morgan fingerprint density at radius 1 is 0.969 bits per heavy atom.